The number of anilines is 1. The number of nitrogens with one attached hydrogen (secondary N) is 2. The zero-order valence-corrected chi connectivity index (χ0v) is 16.6. The summed E-state index contributed by atoms with van der Waals surface area (Å²) in [5.74, 6) is 0.240. The highest BCUT2D eigenvalue weighted by Crippen LogP contribution is 2.24. The normalized spacial score (nSPS) is 10.3. The van der Waals surface area contributed by atoms with E-state index >= 15 is 0 Å². The number of hydrogen-bond donors (Lipinski definition) is 3. The number of hydrogen-bond acceptors (Lipinski definition) is 4. The van der Waals surface area contributed by atoms with E-state index in [2.05, 4.69) is 17.6 Å². The summed E-state index contributed by atoms with van der Waals surface area (Å²) in [6.07, 6.45) is 4.41. The monoisotopic (exact) mass is 386 g/mol. The Hall–Kier alpha value is -2.60. The third-order valence-corrected chi connectivity index (χ3v) is 4.22. The van der Waals surface area contributed by atoms with E-state index in [1.165, 1.54) is 12.8 Å². The molecule has 3 N–H and O–H groups in total. The van der Waals surface area contributed by atoms with Crippen molar-refractivity contribution in [3.8, 4) is 11.5 Å². The third-order valence-electron chi connectivity index (χ3n) is 4.01. The van der Waals surface area contributed by atoms with Gasteiger partial charge in [0.05, 0.1) is 17.9 Å². The van der Waals surface area contributed by atoms with Crippen molar-refractivity contribution in [1.82, 2.24) is 5.32 Å². The van der Waals surface area contributed by atoms with Crippen LogP contribution in [0.2, 0.25) is 0 Å². The summed E-state index contributed by atoms with van der Waals surface area (Å²) in [5, 5.41) is 15.5. The number of phenolic OH excluding ortho intramolecular Hbond substituents is 1. The predicted octanol–water partition coefficient (Wildman–Crippen LogP) is 4.79. The number of unbranched alkanes of at least 4 members (excludes halogenated alkanes) is 3. The summed E-state index contributed by atoms with van der Waals surface area (Å²) in [7, 11) is 0. The third kappa shape index (κ3) is 6.57. The second-order valence-electron chi connectivity index (χ2n) is 6.33. The maximum Gasteiger partial charge on any atom is 0.261 e. The Morgan fingerprint density at radius 1 is 1.15 bits per heavy atom. The Morgan fingerprint density at radius 3 is 2.70 bits per heavy atom. The van der Waals surface area contributed by atoms with E-state index in [0.29, 0.717) is 23.6 Å². The lowest BCUT2D eigenvalue weighted by atomic mass is 10.2. The van der Waals surface area contributed by atoms with Gasteiger partial charge >= 0.3 is 0 Å². The second-order valence-corrected chi connectivity index (χ2v) is 6.74. The van der Waals surface area contributed by atoms with Gasteiger partial charge in [-0.25, -0.2) is 0 Å². The van der Waals surface area contributed by atoms with Crippen LogP contribution in [0, 0.1) is 6.92 Å². The van der Waals surface area contributed by atoms with Crippen LogP contribution in [0.25, 0.3) is 0 Å². The van der Waals surface area contributed by atoms with Crippen LogP contribution in [0.1, 0.15) is 48.5 Å². The van der Waals surface area contributed by atoms with Crippen molar-refractivity contribution < 1.29 is 14.6 Å². The maximum atomic E-state index is 12.6. The molecule has 0 aromatic heterocycles. The average molecular weight is 387 g/mol. The summed E-state index contributed by atoms with van der Waals surface area (Å²) in [5.41, 5.74) is 1.83. The van der Waals surface area contributed by atoms with Crippen LogP contribution in [0.3, 0.4) is 0 Å². The molecule has 27 heavy (non-hydrogen) atoms. The summed E-state index contributed by atoms with van der Waals surface area (Å²) in [6.45, 7) is 4.64. The highest BCUT2D eigenvalue weighted by molar-refractivity contribution is 7.80. The molecule has 0 aliphatic rings. The smallest absolute Gasteiger partial charge is 0.261 e. The molecule has 2 rings (SSSR count). The molecule has 0 aliphatic carbocycles. The van der Waals surface area contributed by atoms with E-state index in [1.807, 2.05) is 13.0 Å². The zero-order chi connectivity index (χ0) is 19.6. The van der Waals surface area contributed by atoms with Gasteiger partial charge in [-0.1, -0.05) is 44.4 Å². The number of aryl methyl sites for hydroxylation is 1. The van der Waals surface area contributed by atoms with Crippen molar-refractivity contribution in [3.05, 3.63) is 53.6 Å². The topological polar surface area (TPSA) is 70.6 Å². The van der Waals surface area contributed by atoms with Gasteiger partial charge in [-0.15, -0.1) is 0 Å². The van der Waals surface area contributed by atoms with E-state index in [4.69, 9.17) is 17.0 Å². The zero-order valence-electron chi connectivity index (χ0n) is 15.7. The molecule has 0 saturated heterocycles. The Morgan fingerprint density at radius 2 is 1.93 bits per heavy atom. The van der Waals surface area contributed by atoms with E-state index in [1.54, 1.807) is 36.4 Å². The minimum Gasteiger partial charge on any atom is -0.506 e. The molecular formula is C21H26N2O3S. The molecule has 2 aromatic carbocycles. The Labute approximate surface area is 165 Å². The van der Waals surface area contributed by atoms with E-state index in [-0.39, 0.29) is 16.8 Å². The lowest BCUT2D eigenvalue weighted by molar-refractivity contribution is 0.0973. The first kappa shape index (κ1) is 20.7. The van der Waals surface area contributed by atoms with Crippen LogP contribution in [0.4, 0.5) is 5.69 Å². The van der Waals surface area contributed by atoms with Crippen LogP contribution < -0.4 is 15.4 Å². The molecule has 0 radical (unpaired) electrons. The minimum atomic E-state index is -0.358. The van der Waals surface area contributed by atoms with Crippen molar-refractivity contribution in [3.63, 3.8) is 0 Å². The molecule has 0 saturated carbocycles. The minimum absolute atomic E-state index is 0.0630. The van der Waals surface area contributed by atoms with Gasteiger partial charge in [0.2, 0.25) is 0 Å². The van der Waals surface area contributed by atoms with Crippen molar-refractivity contribution in [2.45, 2.75) is 39.5 Å². The highest BCUT2D eigenvalue weighted by Gasteiger charge is 2.14. The summed E-state index contributed by atoms with van der Waals surface area (Å²) >= 11 is 5.20. The van der Waals surface area contributed by atoms with Crippen LogP contribution in [0.15, 0.2) is 42.5 Å². The molecule has 6 heteroatoms. The van der Waals surface area contributed by atoms with Gasteiger partial charge in [0.1, 0.15) is 11.5 Å². The first-order chi connectivity index (χ1) is 13.0. The summed E-state index contributed by atoms with van der Waals surface area (Å²) < 4.78 is 5.78. The Kier molecular flexibility index (Phi) is 8.07. The number of amides is 1. The van der Waals surface area contributed by atoms with Gasteiger partial charge < -0.3 is 15.2 Å². The highest BCUT2D eigenvalue weighted by atomic mass is 32.1. The number of para-hydroxylation sites is 1. The van der Waals surface area contributed by atoms with Crippen LogP contribution >= 0.6 is 12.2 Å². The standard InChI is InChI=1S/C21H26N2O3S/c1-3-4-5-8-13-26-19-10-7-6-9-16(19)20(25)23-21(27)22-17-14-15(2)11-12-18(17)24/h6-7,9-12,14,24H,3-5,8,13H2,1-2H3,(H2,22,23,25,27). The van der Waals surface area contributed by atoms with Crippen LogP contribution in [-0.2, 0) is 0 Å². The van der Waals surface area contributed by atoms with Crippen molar-refractivity contribution >= 4 is 28.9 Å². The van der Waals surface area contributed by atoms with Gasteiger partial charge in [-0.05, 0) is 55.4 Å². The fourth-order valence-corrected chi connectivity index (χ4v) is 2.77. The number of thiocarbonyl (C=S) groups is 1. The Balaban J connectivity index is 1.96. The molecule has 0 unspecified atom stereocenters. The number of phenols is 1. The number of aromatic hydroxyl groups is 1. The molecule has 0 spiro atoms. The molecule has 1 amide bonds. The van der Waals surface area contributed by atoms with E-state index < -0.39 is 0 Å². The van der Waals surface area contributed by atoms with Crippen molar-refractivity contribution in [2.24, 2.45) is 0 Å². The molecule has 0 bridgehead atoms. The SMILES string of the molecule is CCCCCCOc1ccccc1C(=O)NC(=S)Nc1cc(C)ccc1O. The molecule has 0 heterocycles. The molecule has 5 nitrogen and oxygen atoms in total. The predicted molar refractivity (Wildman–Crippen MR) is 113 cm³/mol. The molecule has 2 aromatic rings. The van der Waals surface area contributed by atoms with Gasteiger partial charge in [-0.2, -0.15) is 0 Å². The fraction of sp³-hybridized carbons (Fsp3) is 0.333. The maximum absolute atomic E-state index is 12.6. The number of ether oxygens (including phenoxy) is 1. The fourth-order valence-electron chi connectivity index (χ4n) is 2.57. The van der Waals surface area contributed by atoms with Crippen molar-refractivity contribution in [1.29, 1.82) is 0 Å². The number of carbonyl (C=O) groups is 1. The largest absolute Gasteiger partial charge is 0.506 e. The first-order valence-electron chi connectivity index (χ1n) is 9.15. The van der Waals surface area contributed by atoms with Gasteiger partial charge in [-0.3, -0.25) is 10.1 Å². The van der Waals surface area contributed by atoms with Gasteiger partial charge in [0.25, 0.3) is 5.91 Å². The molecule has 0 aliphatic heterocycles. The Bertz CT molecular complexity index is 793. The quantitative estimate of drug-likeness (QED) is 0.346. The van der Waals surface area contributed by atoms with Crippen LogP contribution in [0.5, 0.6) is 11.5 Å². The lowest BCUT2D eigenvalue weighted by Gasteiger charge is -2.14. The number of benzene rings is 2. The number of rotatable bonds is 8. The molecular weight excluding hydrogens is 360 g/mol. The summed E-state index contributed by atoms with van der Waals surface area (Å²) in [6, 6.07) is 12.2. The number of carbonyl (C=O) groups excluding carboxylic acids is 1. The van der Waals surface area contributed by atoms with E-state index in [0.717, 1.165) is 18.4 Å². The van der Waals surface area contributed by atoms with Gasteiger partial charge in [0.15, 0.2) is 5.11 Å². The molecule has 0 fully saturated rings. The van der Waals surface area contributed by atoms with E-state index in [9.17, 15) is 9.90 Å². The van der Waals surface area contributed by atoms with Gasteiger partial charge in [0, 0.05) is 0 Å². The summed E-state index contributed by atoms with van der Waals surface area (Å²) in [4.78, 5) is 12.6. The second kappa shape index (κ2) is 10.5. The lowest BCUT2D eigenvalue weighted by Crippen LogP contribution is -2.34. The molecule has 144 valence electrons. The molecule has 0 atom stereocenters. The van der Waals surface area contributed by atoms with Crippen molar-refractivity contribution in [2.75, 3.05) is 11.9 Å². The average Bonchev–Trinajstić information content (AvgIpc) is 2.64. The first-order valence-corrected chi connectivity index (χ1v) is 9.56. The van der Waals surface area contributed by atoms with Crippen LogP contribution in [-0.4, -0.2) is 22.7 Å².